The molecule has 2 aromatic carbocycles. The molecule has 1 aliphatic carbocycles. The van der Waals surface area contributed by atoms with Gasteiger partial charge < -0.3 is 0 Å². The first-order chi connectivity index (χ1) is 6.90. The molecule has 0 unspecified atom stereocenters. The zero-order valence-corrected chi connectivity index (χ0v) is 8.25. The lowest BCUT2D eigenvalue weighted by Gasteiger charge is -2.02. The average molecular weight is 180 g/mol. The molecule has 0 aromatic heterocycles. The zero-order valence-electron chi connectivity index (χ0n) is 8.25. The number of hydrogen-bond donors (Lipinski definition) is 0. The molecule has 0 atom stereocenters. The Bertz CT molecular complexity index is 527. The summed E-state index contributed by atoms with van der Waals surface area (Å²) in [6, 6.07) is 13.1. The predicted octanol–water partition coefficient (Wildman–Crippen LogP) is 4.10. The molecule has 0 radical (unpaired) electrons. The van der Waals surface area contributed by atoms with Crippen molar-refractivity contribution in [3.63, 3.8) is 0 Å². The van der Waals surface area contributed by atoms with Crippen LogP contribution in [0.15, 0.2) is 36.4 Å². The fourth-order valence-corrected chi connectivity index (χ4v) is 2.32. The molecule has 0 amide bonds. The van der Waals surface area contributed by atoms with E-state index in [1.54, 1.807) is 0 Å². The molecule has 0 N–H and O–H groups in total. The summed E-state index contributed by atoms with van der Waals surface area (Å²) >= 11 is 0. The van der Waals surface area contributed by atoms with Gasteiger partial charge in [0.25, 0.3) is 0 Å². The number of rotatable bonds is 1. The van der Waals surface area contributed by atoms with Crippen LogP contribution in [0, 0.1) is 0 Å². The fraction of sp³-hybridized carbons (Fsp3) is 0.143. The SMILES string of the molecule is CCC1=Cc2cccc3cccc1c23. The van der Waals surface area contributed by atoms with Gasteiger partial charge in [0.1, 0.15) is 0 Å². The van der Waals surface area contributed by atoms with E-state index in [0.717, 1.165) is 6.42 Å². The van der Waals surface area contributed by atoms with Gasteiger partial charge in [0.2, 0.25) is 0 Å². The van der Waals surface area contributed by atoms with Gasteiger partial charge in [-0.15, -0.1) is 0 Å². The maximum absolute atomic E-state index is 2.32. The Morgan fingerprint density at radius 3 is 2.57 bits per heavy atom. The van der Waals surface area contributed by atoms with Gasteiger partial charge in [-0.3, -0.25) is 0 Å². The van der Waals surface area contributed by atoms with Crippen molar-refractivity contribution in [1.29, 1.82) is 0 Å². The van der Waals surface area contributed by atoms with E-state index < -0.39 is 0 Å². The van der Waals surface area contributed by atoms with Crippen molar-refractivity contribution in [3.8, 4) is 0 Å². The summed E-state index contributed by atoms with van der Waals surface area (Å²) in [7, 11) is 0. The minimum absolute atomic E-state index is 1.12. The highest BCUT2D eigenvalue weighted by molar-refractivity contribution is 6.08. The third kappa shape index (κ3) is 0.884. The van der Waals surface area contributed by atoms with E-state index in [2.05, 4.69) is 49.4 Å². The zero-order chi connectivity index (χ0) is 9.54. The standard InChI is InChI=1S/C14H12/c1-2-10-9-12-7-3-5-11-6-4-8-13(10)14(11)12/h3-9H,2H2,1H3. The van der Waals surface area contributed by atoms with Crippen molar-refractivity contribution in [2.75, 3.05) is 0 Å². The lowest BCUT2D eigenvalue weighted by atomic mass is 10.0. The molecule has 0 nitrogen and oxygen atoms in total. The molecule has 0 bridgehead atoms. The van der Waals surface area contributed by atoms with Gasteiger partial charge in [0.15, 0.2) is 0 Å². The molecule has 2 aromatic rings. The van der Waals surface area contributed by atoms with Crippen LogP contribution >= 0.6 is 0 Å². The maximum Gasteiger partial charge on any atom is -0.00360 e. The van der Waals surface area contributed by atoms with E-state index in [1.807, 2.05) is 0 Å². The van der Waals surface area contributed by atoms with E-state index in [0.29, 0.717) is 0 Å². The fourth-order valence-electron chi connectivity index (χ4n) is 2.32. The van der Waals surface area contributed by atoms with Crippen molar-refractivity contribution in [2.24, 2.45) is 0 Å². The summed E-state index contributed by atoms with van der Waals surface area (Å²) in [5.74, 6) is 0. The Balaban J connectivity index is 2.46. The van der Waals surface area contributed by atoms with Crippen molar-refractivity contribution in [3.05, 3.63) is 47.5 Å². The molecule has 0 heteroatoms. The van der Waals surface area contributed by atoms with Gasteiger partial charge >= 0.3 is 0 Å². The lowest BCUT2D eigenvalue weighted by molar-refractivity contribution is 1.26. The number of benzene rings is 2. The van der Waals surface area contributed by atoms with Gasteiger partial charge in [-0.1, -0.05) is 49.4 Å². The van der Waals surface area contributed by atoms with E-state index in [4.69, 9.17) is 0 Å². The van der Waals surface area contributed by atoms with Crippen molar-refractivity contribution >= 4 is 22.4 Å². The molecule has 14 heavy (non-hydrogen) atoms. The van der Waals surface area contributed by atoms with Crippen LogP contribution < -0.4 is 0 Å². The Morgan fingerprint density at radius 2 is 1.79 bits per heavy atom. The normalized spacial score (nSPS) is 13.4. The summed E-state index contributed by atoms with van der Waals surface area (Å²) in [5.41, 5.74) is 4.28. The van der Waals surface area contributed by atoms with Gasteiger partial charge in [0.05, 0.1) is 0 Å². The van der Waals surface area contributed by atoms with Gasteiger partial charge in [-0.25, -0.2) is 0 Å². The molecule has 0 heterocycles. The second-order valence-electron chi connectivity index (χ2n) is 3.77. The van der Waals surface area contributed by atoms with Gasteiger partial charge in [-0.2, -0.15) is 0 Å². The number of hydrogen-bond acceptors (Lipinski definition) is 0. The van der Waals surface area contributed by atoms with Crippen LogP contribution in [-0.2, 0) is 0 Å². The van der Waals surface area contributed by atoms with E-state index in [1.165, 1.54) is 27.5 Å². The van der Waals surface area contributed by atoms with E-state index in [9.17, 15) is 0 Å². The Kier molecular flexibility index (Phi) is 1.51. The van der Waals surface area contributed by atoms with Crippen molar-refractivity contribution in [2.45, 2.75) is 13.3 Å². The van der Waals surface area contributed by atoms with Gasteiger partial charge in [-0.05, 0) is 33.9 Å². The lowest BCUT2D eigenvalue weighted by Crippen LogP contribution is -1.79. The van der Waals surface area contributed by atoms with Crippen LogP contribution in [0.5, 0.6) is 0 Å². The minimum atomic E-state index is 1.12. The first kappa shape index (κ1) is 7.81. The van der Waals surface area contributed by atoms with Crippen LogP contribution in [0.1, 0.15) is 24.5 Å². The molecule has 1 aliphatic rings. The van der Waals surface area contributed by atoms with Crippen LogP contribution in [0.3, 0.4) is 0 Å². The molecule has 0 spiro atoms. The summed E-state index contributed by atoms with van der Waals surface area (Å²) in [4.78, 5) is 0. The first-order valence-corrected chi connectivity index (χ1v) is 5.13. The molecular weight excluding hydrogens is 168 g/mol. The second kappa shape index (κ2) is 2.71. The minimum Gasteiger partial charge on any atom is -0.0613 e. The van der Waals surface area contributed by atoms with E-state index in [-0.39, 0.29) is 0 Å². The topological polar surface area (TPSA) is 0 Å². The molecule has 0 aliphatic heterocycles. The smallest absolute Gasteiger partial charge is 0.00360 e. The average Bonchev–Trinajstić information content (AvgIpc) is 2.60. The van der Waals surface area contributed by atoms with E-state index >= 15 is 0 Å². The Morgan fingerprint density at radius 1 is 1.00 bits per heavy atom. The largest absolute Gasteiger partial charge is 0.0613 e. The van der Waals surface area contributed by atoms with Crippen LogP contribution in [0.25, 0.3) is 22.4 Å². The summed E-state index contributed by atoms with van der Waals surface area (Å²) in [6.45, 7) is 2.22. The van der Waals surface area contributed by atoms with Crippen molar-refractivity contribution < 1.29 is 0 Å². The van der Waals surface area contributed by atoms with Crippen molar-refractivity contribution in [1.82, 2.24) is 0 Å². The highest BCUT2D eigenvalue weighted by Crippen LogP contribution is 2.37. The molecule has 0 fully saturated rings. The maximum atomic E-state index is 2.32. The Hall–Kier alpha value is -1.56. The Labute approximate surface area is 83.9 Å². The highest BCUT2D eigenvalue weighted by atomic mass is 14.2. The monoisotopic (exact) mass is 180 g/mol. The summed E-state index contributed by atoms with van der Waals surface area (Å²) in [5, 5.41) is 2.80. The second-order valence-corrected chi connectivity index (χ2v) is 3.77. The molecule has 68 valence electrons. The van der Waals surface area contributed by atoms with Gasteiger partial charge in [0, 0.05) is 0 Å². The van der Waals surface area contributed by atoms with Crippen LogP contribution in [0.2, 0.25) is 0 Å². The summed E-state index contributed by atoms with van der Waals surface area (Å²) in [6.07, 6.45) is 3.44. The van der Waals surface area contributed by atoms with Crippen LogP contribution in [-0.4, -0.2) is 0 Å². The molecular formula is C14H12. The molecule has 0 saturated heterocycles. The number of allylic oxidation sites excluding steroid dienone is 1. The quantitative estimate of drug-likeness (QED) is 0.619. The first-order valence-electron chi connectivity index (χ1n) is 5.13. The summed E-state index contributed by atoms with van der Waals surface area (Å²) < 4.78 is 0. The van der Waals surface area contributed by atoms with Crippen LogP contribution in [0.4, 0.5) is 0 Å². The highest BCUT2D eigenvalue weighted by Gasteiger charge is 2.13. The third-order valence-electron chi connectivity index (χ3n) is 2.99. The molecule has 0 saturated carbocycles. The molecule has 3 rings (SSSR count). The third-order valence-corrected chi connectivity index (χ3v) is 2.99. The predicted molar refractivity (Wildman–Crippen MR) is 62.1 cm³/mol.